The molecule has 8 heteroatoms. The highest BCUT2D eigenvalue weighted by Gasteiger charge is 2.68. The first kappa shape index (κ1) is 18.4. The molecule has 0 saturated carbocycles. The van der Waals surface area contributed by atoms with Gasteiger partial charge in [0.05, 0.1) is 0 Å². The molecule has 0 aromatic rings. The van der Waals surface area contributed by atoms with E-state index in [1.54, 1.807) is 20.8 Å². The molecule has 0 bridgehead atoms. The van der Waals surface area contributed by atoms with E-state index in [-0.39, 0.29) is 31.6 Å². The van der Waals surface area contributed by atoms with Crippen LogP contribution in [0.4, 0.5) is 13.2 Å². The third-order valence-electron chi connectivity index (χ3n) is 2.17. The molecule has 0 fully saturated rings. The molecule has 1 unspecified atom stereocenters. The monoisotopic (exact) mass is 352 g/mol. The van der Waals surface area contributed by atoms with Crippen molar-refractivity contribution in [2.45, 2.75) is 38.9 Å². The smallest absolute Gasteiger partial charge is 0.370 e. The van der Waals surface area contributed by atoms with Crippen molar-refractivity contribution in [1.29, 1.82) is 0 Å². The second kappa shape index (κ2) is 8.52. The first-order chi connectivity index (χ1) is 8.41. The molecular weight excluding hydrogens is 333 g/mol. The second-order valence-corrected chi connectivity index (χ2v) is 6.86. The largest absolute Gasteiger partial charge is 0.577 e. The molecule has 0 aliphatic heterocycles. The summed E-state index contributed by atoms with van der Waals surface area (Å²) in [6, 6.07) is 0. The van der Waals surface area contributed by atoms with Crippen molar-refractivity contribution < 1.29 is 26.4 Å². The summed E-state index contributed by atoms with van der Waals surface area (Å²) >= 11 is 2.95. The van der Waals surface area contributed by atoms with Crippen molar-refractivity contribution in [3.63, 3.8) is 0 Å². The minimum absolute atomic E-state index is 0.0111. The fourth-order valence-electron chi connectivity index (χ4n) is 1.45. The lowest BCUT2D eigenvalue weighted by atomic mass is 10.3. The van der Waals surface area contributed by atoms with E-state index in [9.17, 15) is 13.2 Å². The number of hydrogen-bond donors (Lipinski definition) is 0. The number of hydrogen-bond acceptors (Lipinski definition) is 3. The van der Waals surface area contributed by atoms with Gasteiger partial charge in [0, 0.05) is 25.2 Å². The third-order valence-corrected chi connectivity index (χ3v) is 5.76. The van der Waals surface area contributed by atoms with Crippen molar-refractivity contribution >= 4 is 24.7 Å². The third kappa shape index (κ3) is 4.19. The minimum atomic E-state index is -4.35. The molecular formula is C10H20BrF3O3Si. The van der Waals surface area contributed by atoms with Gasteiger partial charge in [-0.1, -0.05) is 15.9 Å². The van der Waals surface area contributed by atoms with E-state index >= 15 is 0 Å². The summed E-state index contributed by atoms with van der Waals surface area (Å²) in [5.74, 6) is 0. The zero-order valence-corrected chi connectivity index (χ0v) is 13.4. The fourth-order valence-corrected chi connectivity index (χ4v) is 4.35. The van der Waals surface area contributed by atoms with Gasteiger partial charge in [-0.2, -0.15) is 8.78 Å². The summed E-state index contributed by atoms with van der Waals surface area (Å²) in [6.07, 6.45) is -2.68. The van der Waals surface area contributed by atoms with Gasteiger partial charge in [0.2, 0.25) is 0 Å². The fraction of sp³-hybridized carbons (Fsp3) is 1.00. The zero-order valence-electron chi connectivity index (χ0n) is 10.8. The van der Waals surface area contributed by atoms with Crippen LogP contribution in [0.25, 0.3) is 0 Å². The van der Waals surface area contributed by atoms with Gasteiger partial charge in [0.25, 0.3) is 0 Å². The average Bonchev–Trinajstić information content (AvgIpc) is 2.30. The maximum atomic E-state index is 14.2. The van der Waals surface area contributed by atoms with Crippen LogP contribution < -0.4 is 0 Å². The standard InChI is InChI=1S/C10H20BrF3O3Si/c1-4-15-18(16-5-2,17-6-3)10(13,14)9(12)7-8-11/h9H,4-8H2,1-3H3. The Morgan fingerprint density at radius 1 is 1.06 bits per heavy atom. The Hall–Kier alpha value is 0.367. The lowest BCUT2D eigenvalue weighted by Gasteiger charge is -2.35. The van der Waals surface area contributed by atoms with Crippen molar-refractivity contribution in [3.05, 3.63) is 0 Å². The van der Waals surface area contributed by atoms with E-state index in [1.807, 2.05) is 0 Å². The summed E-state index contributed by atoms with van der Waals surface area (Å²) in [4.78, 5) is 0. The van der Waals surface area contributed by atoms with E-state index in [0.717, 1.165) is 0 Å². The second-order valence-electron chi connectivity index (χ2n) is 3.42. The van der Waals surface area contributed by atoms with Gasteiger partial charge < -0.3 is 13.3 Å². The number of halogens is 4. The van der Waals surface area contributed by atoms with Gasteiger partial charge in [0.1, 0.15) is 0 Å². The Balaban J connectivity index is 5.21. The average molecular weight is 353 g/mol. The number of alkyl halides is 4. The van der Waals surface area contributed by atoms with Gasteiger partial charge in [-0.25, -0.2) is 4.39 Å². The first-order valence-corrected chi connectivity index (χ1v) is 8.76. The van der Waals surface area contributed by atoms with Crippen LogP contribution in [0.1, 0.15) is 27.2 Å². The number of rotatable bonds is 10. The van der Waals surface area contributed by atoms with Crippen LogP contribution in [0.5, 0.6) is 0 Å². The highest BCUT2D eigenvalue weighted by Crippen LogP contribution is 2.36. The van der Waals surface area contributed by atoms with Crippen LogP contribution in [-0.4, -0.2) is 45.7 Å². The highest BCUT2D eigenvalue weighted by molar-refractivity contribution is 9.09. The van der Waals surface area contributed by atoms with Crippen molar-refractivity contribution in [2.24, 2.45) is 0 Å². The summed E-state index contributed by atoms with van der Waals surface area (Å²) in [7, 11) is -4.35. The maximum absolute atomic E-state index is 14.2. The Morgan fingerprint density at radius 2 is 1.44 bits per heavy atom. The molecule has 0 heterocycles. The van der Waals surface area contributed by atoms with E-state index in [2.05, 4.69) is 15.9 Å². The summed E-state index contributed by atoms with van der Waals surface area (Å²) in [5, 5.41) is 0.138. The van der Waals surface area contributed by atoms with Crippen LogP contribution in [0.15, 0.2) is 0 Å². The molecule has 0 aliphatic carbocycles. The van der Waals surface area contributed by atoms with Crippen LogP contribution in [0.3, 0.4) is 0 Å². The zero-order chi connectivity index (χ0) is 14.2. The Kier molecular flexibility index (Phi) is 8.69. The van der Waals surface area contributed by atoms with Crippen LogP contribution in [-0.2, 0) is 13.3 Å². The molecule has 3 nitrogen and oxygen atoms in total. The molecule has 18 heavy (non-hydrogen) atoms. The quantitative estimate of drug-likeness (QED) is 0.445. The van der Waals surface area contributed by atoms with E-state index in [4.69, 9.17) is 13.3 Å². The molecule has 0 rings (SSSR count). The van der Waals surface area contributed by atoms with Gasteiger partial charge in [-0.15, -0.1) is 0 Å². The minimum Gasteiger partial charge on any atom is -0.370 e. The van der Waals surface area contributed by atoms with Gasteiger partial charge in [0.15, 0.2) is 6.17 Å². The summed E-state index contributed by atoms with van der Waals surface area (Å²) in [5.41, 5.74) is -3.75. The van der Waals surface area contributed by atoms with Crippen molar-refractivity contribution in [1.82, 2.24) is 0 Å². The summed E-state index contributed by atoms with van der Waals surface area (Å²) in [6.45, 7) is 4.61. The van der Waals surface area contributed by atoms with Gasteiger partial charge >= 0.3 is 14.4 Å². The molecule has 110 valence electrons. The lowest BCUT2D eigenvalue weighted by Crippen LogP contribution is -2.65. The molecule has 0 aromatic carbocycles. The Morgan fingerprint density at radius 3 is 1.72 bits per heavy atom. The Bertz CT molecular complexity index is 217. The summed E-state index contributed by atoms with van der Waals surface area (Å²) < 4.78 is 57.1. The molecule has 1 atom stereocenters. The molecule has 0 aliphatic rings. The SMILES string of the molecule is CCO[Si](OCC)(OCC)C(F)(F)C(F)CCBr. The van der Waals surface area contributed by atoms with Crippen molar-refractivity contribution in [3.8, 4) is 0 Å². The van der Waals surface area contributed by atoms with Gasteiger partial charge in [-0.3, -0.25) is 0 Å². The lowest BCUT2D eigenvalue weighted by molar-refractivity contribution is -0.0919. The van der Waals surface area contributed by atoms with E-state index in [1.165, 1.54) is 0 Å². The maximum Gasteiger partial charge on any atom is 0.577 e. The normalized spacial score (nSPS) is 14.8. The van der Waals surface area contributed by atoms with E-state index in [0.29, 0.717) is 0 Å². The first-order valence-electron chi connectivity index (χ1n) is 5.91. The van der Waals surface area contributed by atoms with Crippen LogP contribution in [0.2, 0.25) is 0 Å². The molecule has 0 amide bonds. The van der Waals surface area contributed by atoms with E-state index < -0.39 is 20.5 Å². The Labute approximate surface area is 115 Å². The molecule has 0 radical (unpaired) electrons. The van der Waals surface area contributed by atoms with Crippen LogP contribution >= 0.6 is 15.9 Å². The predicted molar refractivity (Wildman–Crippen MR) is 68.9 cm³/mol. The molecule has 0 N–H and O–H groups in total. The van der Waals surface area contributed by atoms with Crippen LogP contribution in [0, 0.1) is 0 Å². The molecule has 0 saturated heterocycles. The molecule has 0 aromatic heterocycles. The molecule has 0 spiro atoms. The van der Waals surface area contributed by atoms with Gasteiger partial charge in [-0.05, 0) is 27.2 Å². The van der Waals surface area contributed by atoms with Crippen molar-refractivity contribution in [2.75, 3.05) is 25.2 Å². The predicted octanol–water partition coefficient (Wildman–Crippen LogP) is 3.33. The topological polar surface area (TPSA) is 27.7 Å². The highest BCUT2D eigenvalue weighted by atomic mass is 79.9.